The van der Waals surface area contributed by atoms with Gasteiger partial charge in [0.2, 0.25) is 0 Å². The molecule has 6 heteroatoms. The van der Waals surface area contributed by atoms with Crippen LogP contribution >= 0.6 is 11.3 Å². The average Bonchev–Trinajstić information content (AvgIpc) is 3.17. The predicted octanol–water partition coefficient (Wildman–Crippen LogP) is 3.14. The van der Waals surface area contributed by atoms with E-state index in [-0.39, 0.29) is 0 Å². The van der Waals surface area contributed by atoms with Crippen molar-refractivity contribution in [2.24, 2.45) is 0 Å². The number of hydrogen-bond acceptors (Lipinski definition) is 5. The molecule has 0 saturated carbocycles. The van der Waals surface area contributed by atoms with Gasteiger partial charge >= 0.3 is 0 Å². The second-order valence-corrected chi connectivity index (χ2v) is 5.19. The van der Waals surface area contributed by atoms with E-state index in [1.165, 1.54) is 0 Å². The number of aromatic amines is 1. The average molecular weight is 279 g/mol. The Kier molecular flexibility index (Phi) is 2.53. The number of hydrogen-bond donors (Lipinski definition) is 1. The third kappa shape index (κ3) is 1.86. The van der Waals surface area contributed by atoms with E-state index < -0.39 is 0 Å². The molecule has 3 aromatic heterocycles. The Morgan fingerprint density at radius 2 is 1.90 bits per heavy atom. The number of aromatic nitrogens is 5. The lowest BCUT2D eigenvalue weighted by Gasteiger charge is -1.98. The molecule has 96 valence electrons. The number of nitrogens with zero attached hydrogens (tertiary/aromatic N) is 4. The molecule has 0 aliphatic rings. The summed E-state index contributed by atoms with van der Waals surface area (Å²) < 4.78 is 0. The Balaban J connectivity index is 1.79. The van der Waals surface area contributed by atoms with Gasteiger partial charge in [-0.3, -0.25) is 15.1 Å². The van der Waals surface area contributed by atoms with Gasteiger partial charge in [0.15, 0.2) is 11.6 Å². The first-order chi connectivity index (χ1) is 9.90. The molecule has 0 spiro atoms. The molecule has 4 rings (SSSR count). The first-order valence-corrected chi connectivity index (χ1v) is 6.95. The summed E-state index contributed by atoms with van der Waals surface area (Å²) in [7, 11) is 0. The van der Waals surface area contributed by atoms with Crippen molar-refractivity contribution >= 4 is 22.4 Å². The zero-order chi connectivity index (χ0) is 13.4. The summed E-state index contributed by atoms with van der Waals surface area (Å²) in [5.41, 5.74) is 2.63. The van der Waals surface area contributed by atoms with E-state index in [1.807, 2.05) is 35.7 Å². The van der Waals surface area contributed by atoms with Crippen LogP contribution in [0.25, 0.3) is 33.1 Å². The number of nitrogens with one attached hydrogen (secondary N) is 1. The zero-order valence-electron chi connectivity index (χ0n) is 10.3. The second-order valence-electron chi connectivity index (χ2n) is 4.24. The Labute approximate surface area is 118 Å². The molecule has 0 bridgehead atoms. The Hall–Kier alpha value is -2.60. The molecule has 0 unspecified atom stereocenters. The topological polar surface area (TPSA) is 67.3 Å². The highest BCUT2D eigenvalue weighted by Gasteiger charge is 2.09. The van der Waals surface area contributed by atoms with E-state index in [0.29, 0.717) is 5.82 Å². The molecule has 0 aliphatic heterocycles. The van der Waals surface area contributed by atoms with Crippen LogP contribution in [0.2, 0.25) is 0 Å². The molecule has 20 heavy (non-hydrogen) atoms. The molecule has 0 aliphatic carbocycles. The van der Waals surface area contributed by atoms with Gasteiger partial charge in [-0.1, -0.05) is 6.07 Å². The molecule has 3 heterocycles. The fourth-order valence-corrected chi connectivity index (χ4v) is 2.68. The van der Waals surface area contributed by atoms with Crippen LogP contribution in [0.15, 0.2) is 48.1 Å². The van der Waals surface area contributed by atoms with Crippen LogP contribution in [0.4, 0.5) is 0 Å². The Morgan fingerprint density at radius 1 is 1.00 bits per heavy atom. The van der Waals surface area contributed by atoms with Crippen molar-refractivity contribution in [2.45, 2.75) is 0 Å². The normalized spacial score (nSPS) is 11.0. The standard InChI is InChI=1S/C14H9N5S/c1-2-12(20-7-1)14-17-13(18-19-14)9-3-4-10-11(8-9)16-6-5-15-10/h1-8H,(H,17,18,19). The van der Waals surface area contributed by atoms with Crippen LogP contribution < -0.4 is 0 Å². The number of fused-ring (bicyclic) bond motifs is 1. The van der Waals surface area contributed by atoms with Crippen LogP contribution in [0, 0.1) is 0 Å². The highest BCUT2D eigenvalue weighted by atomic mass is 32.1. The maximum Gasteiger partial charge on any atom is 0.181 e. The fraction of sp³-hybridized carbons (Fsp3) is 0. The molecule has 0 fully saturated rings. The third-order valence-electron chi connectivity index (χ3n) is 2.97. The van der Waals surface area contributed by atoms with E-state index in [2.05, 4.69) is 25.1 Å². The van der Waals surface area contributed by atoms with Crippen LogP contribution in [0.3, 0.4) is 0 Å². The Morgan fingerprint density at radius 3 is 2.75 bits per heavy atom. The van der Waals surface area contributed by atoms with Crippen molar-refractivity contribution in [1.29, 1.82) is 0 Å². The van der Waals surface area contributed by atoms with Crippen molar-refractivity contribution in [3.05, 3.63) is 48.1 Å². The second kappa shape index (κ2) is 4.50. The maximum absolute atomic E-state index is 4.53. The maximum atomic E-state index is 4.53. The fourth-order valence-electron chi connectivity index (χ4n) is 2.02. The van der Waals surface area contributed by atoms with Gasteiger partial charge in [-0.25, -0.2) is 4.98 Å². The van der Waals surface area contributed by atoms with E-state index in [1.54, 1.807) is 23.7 Å². The van der Waals surface area contributed by atoms with Gasteiger partial charge in [0.05, 0.1) is 15.9 Å². The summed E-state index contributed by atoms with van der Waals surface area (Å²) in [5.74, 6) is 1.45. The lowest BCUT2D eigenvalue weighted by molar-refractivity contribution is 1.10. The molecule has 0 radical (unpaired) electrons. The van der Waals surface area contributed by atoms with Gasteiger partial charge in [-0.15, -0.1) is 11.3 Å². The minimum Gasteiger partial charge on any atom is -0.258 e. The molecular weight excluding hydrogens is 270 g/mol. The highest BCUT2D eigenvalue weighted by Crippen LogP contribution is 2.24. The molecule has 0 atom stereocenters. The lowest BCUT2D eigenvalue weighted by atomic mass is 10.2. The SMILES string of the molecule is c1csc(-c2nc(-c3ccc4nccnc4c3)n[nH]2)c1. The quantitative estimate of drug-likeness (QED) is 0.612. The van der Waals surface area contributed by atoms with Gasteiger partial charge in [-0.05, 0) is 29.6 Å². The smallest absolute Gasteiger partial charge is 0.181 e. The van der Waals surface area contributed by atoms with E-state index in [9.17, 15) is 0 Å². The van der Waals surface area contributed by atoms with Crippen molar-refractivity contribution in [3.8, 4) is 22.1 Å². The predicted molar refractivity (Wildman–Crippen MR) is 78.2 cm³/mol. The van der Waals surface area contributed by atoms with E-state index >= 15 is 0 Å². The third-order valence-corrected chi connectivity index (χ3v) is 3.84. The highest BCUT2D eigenvalue weighted by molar-refractivity contribution is 7.13. The van der Waals surface area contributed by atoms with Crippen LogP contribution in [-0.2, 0) is 0 Å². The number of rotatable bonds is 2. The van der Waals surface area contributed by atoms with Gasteiger partial charge in [0.1, 0.15) is 0 Å². The summed E-state index contributed by atoms with van der Waals surface area (Å²) >= 11 is 1.63. The van der Waals surface area contributed by atoms with Crippen LogP contribution in [0.1, 0.15) is 0 Å². The summed E-state index contributed by atoms with van der Waals surface area (Å²) in [4.78, 5) is 14.1. The molecular formula is C14H9N5S. The molecule has 5 nitrogen and oxygen atoms in total. The molecule has 1 N–H and O–H groups in total. The minimum absolute atomic E-state index is 0.668. The van der Waals surface area contributed by atoms with E-state index in [0.717, 1.165) is 27.3 Å². The number of thiophene rings is 1. The molecule has 0 amide bonds. The summed E-state index contributed by atoms with van der Waals surface area (Å²) in [6, 6.07) is 9.84. The molecule has 1 aromatic carbocycles. The molecule has 0 saturated heterocycles. The van der Waals surface area contributed by atoms with Gasteiger partial charge in [0, 0.05) is 18.0 Å². The van der Waals surface area contributed by atoms with Crippen molar-refractivity contribution in [3.63, 3.8) is 0 Å². The van der Waals surface area contributed by atoms with Gasteiger partial charge in [-0.2, -0.15) is 5.10 Å². The monoisotopic (exact) mass is 279 g/mol. The molecule has 4 aromatic rings. The Bertz CT molecular complexity index is 866. The van der Waals surface area contributed by atoms with Gasteiger partial charge in [0.25, 0.3) is 0 Å². The summed E-state index contributed by atoms with van der Waals surface area (Å²) in [6.07, 6.45) is 3.37. The number of H-pyrrole nitrogens is 1. The lowest BCUT2D eigenvalue weighted by Crippen LogP contribution is -1.85. The van der Waals surface area contributed by atoms with Gasteiger partial charge < -0.3 is 0 Å². The minimum atomic E-state index is 0.668. The summed E-state index contributed by atoms with van der Waals surface area (Å²) in [5, 5.41) is 9.26. The van der Waals surface area contributed by atoms with Crippen molar-refractivity contribution in [2.75, 3.05) is 0 Å². The largest absolute Gasteiger partial charge is 0.258 e. The first-order valence-electron chi connectivity index (χ1n) is 6.07. The first kappa shape index (κ1) is 11.2. The van der Waals surface area contributed by atoms with E-state index in [4.69, 9.17) is 0 Å². The van der Waals surface area contributed by atoms with Crippen molar-refractivity contribution in [1.82, 2.24) is 25.1 Å². The zero-order valence-corrected chi connectivity index (χ0v) is 11.1. The number of benzene rings is 1. The summed E-state index contributed by atoms with van der Waals surface area (Å²) in [6.45, 7) is 0. The van der Waals surface area contributed by atoms with Crippen LogP contribution in [0.5, 0.6) is 0 Å². The van der Waals surface area contributed by atoms with Crippen LogP contribution in [-0.4, -0.2) is 25.1 Å². The van der Waals surface area contributed by atoms with Crippen molar-refractivity contribution < 1.29 is 0 Å².